The Bertz CT molecular complexity index is 562. The number of anilines is 1. The maximum absolute atomic E-state index is 12.4. The summed E-state index contributed by atoms with van der Waals surface area (Å²) >= 11 is 0. The van der Waals surface area contributed by atoms with Crippen LogP contribution in [0, 0.1) is 18.8 Å². The first kappa shape index (κ1) is 14.1. The van der Waals surface area contributed by atoms with Crippen LogP contribution in [-0.2, 0) is 4.79 Å². The molecule has 112 valence electrons. The number of rotatable bonds is 5. The lowest BCUT2D eigenvalue weighted by atomic mass is 10.1. The number of amides is 2. The molecule has 3 rings (SSSR count). The number of benzene rings is 1. The Balaban J connectivity index is 1.72. The molecule has 0 radical (unpaired) electrons. The molecule has 2 fully saturated rings. The summed E-state index contributed by atoms with van der Waals surface area (Å²) in [4.78, 5) is 23.7. The first-order chi connectivity index (χ1) is 10.0. The molecule has 0 aliphatic heterocycles. The van der Waals surface area contributed by atoms with E-state index in [-0.39, 0.29) is 11.8 Å². The Labute approximate surface area is 125 Å². The maximum Gasteiger partial charge on any atom is 0.251 e. The van der Waals surface area contributed by atoms with Crippen molar-refractivity contribution in [3.8, 4) is 0 Å². The molecule has 0 atom stereocenters. The summed E-state index contributed by atoms with van der Waals surface area (Å²) < 4.78 is 0. The van der Waals surface area contributed by atoms with Crippen LogP contribution in [0.4, 0.5) is 5.69 Å². The third kappa shape index (κ3) is 3.43. The van der Waals surface area contributed by atoms with Crippen molar-refractivity contribution in [2.75, 3.05) is 5.32 Å². The summed E-state index contributed by atoms with van der Waals surface area (Å²) in [7, 11) is 0. The summed E-state index contributed by atoms with van der Waals surface area (Å²) in [6, 6.07) is 5.82. The zero-order chi connectivity index (χ0) is 15.0. The highest BCUT2D eigenvalue weighted by Gasteiger charge is 2.42. The summed E-state index contributed by atoms with van der Waals surface area (Å²) in [6.45, 7) is 3.40. The molecule has 0 spiro atoms. The molecule has 4 heteroatoms. The van der Waals surface area contributed by atoms with Crippen LogP contribution in [0.2, 0.25) is 0 Å². The second kappa shape index (κ2) is 5.51. The third-order valence-corrected chi connectivity index (χ3v) is 4.37. The lowest BCUT2D eigenvalue weighted by Crippen LogP contribution is -2.38. The molecule has 2 saturated carbocycles. The summed E-state index contributed by atoms with van der Waals surface area (Å²) in [6.07, 6.45) is 4.97. The molecule has 21 heavy (non-hydrogen) atoms. The molecule has 2 aliphatic rings. The van der Waals surface area contributed by atoms with Crippen LogP contribution >= 0.6 is 0 Å². The predicted octanol–water partition coefficient (Wildman–Crippen LogP) is 2.87. The molecule has 2 N–H and O–H groups in total. The molecule has 1 aromatic carbocycles. The van der Waals surface area contributed by atoms with Gasteiger partial charge in [0.15, 0.2) is 0 Å². The van der Waals surface area contributed by atoms with E-state index < -0.39 is 0 Å². The second-order valence-electron chi connectivity index (χ2n) is 6.38. The van der Waals surface area contributed by atoms with E-state index in [1.165, 1.54) is 32.6 Å². The highest BCUT2D eigenvalue weighted by Crippen LogP contribution is 2.44. The highest BCUT2D eigenvalue weighted by molar-refractivity contribution is 5.97. The average Bonchev–Trinajstić information content (AvgIpc) is 3.30. The Morgan fingerprint density at radius 3 is 2.29 bits per heavy atom. The van der Waals surface area contributed by atoms with E-state index in [1.54, 1.807) is 6.07 Å². The van der Waals surface area contributed by atoms with Gasteiger partial charge in [-0.15, -0.1) is 0 Å². The van der Waals surface area contributed by atoms with Gasteiger partial charge in [-0.05, 0) is 62.1 Å². The average molecular weight is 286 g/mol. The Hall–Kier alpha value is -1.84. The Morgan fingerprint density at radius 2 is 1.76 bits per heavy atom. The van der Waals surface area contributed by atoms with Crippen LogP contribution in [0.3, 0.4) is 0 Å². The summed E-state index contributed by atoms with van der Waals surface area (Å²) in [5.74, 6) is 1.22. The Morgan fingerprint density at radius 1 is 1.14 bits per heavy atom. The normalized spacial score (nSPS) is 17.7. The maximum atomic E-state index is 12.4. The van der Waals surface area contributed by atoms with E-state index in [1.807, 2.05) is 19.1 Å². The first-order valence-corrected chi connectivity index (χ1v) is 7.73. The first-order valence-electron chi connectivity index (χ1n) is 7.73. The standard InChI is InChI=1S/C17H22N2O2/c1-10-3-4-14(9-15(10)18-11(2)20)17(21)19-16(12-5-6-12)13-7-8-13/h3-4,9,12-13,16H,5-8H2,1-2H3,(H,18,20)(H,19,21). The zero-order valence-electron chi connectivity index (χ0n) is 12.6. The van der Waals surface area contributed by atoms with Crippen LogP contribution in [0.1, 0.15) is 48.5 Å². The molecule has 0 unspecified atom stereocenters. The van der Waals surface area contributed by atoms with Crippen molar-refractivity contribution in [3.05, 3.63) is 29.3 Å². The molecular weight excluding hydrogens is 264 g/mol. The highest BCUT2D eigenvalue weighted by atomic mass is 16.2. The van der Waals surface area contributed by atoms with Crippen molar-refractivity contribution in [2.45, 2.75) is 45.6 Å². The number of aryl methyl sites for hydroxylation is 1. The van der Waals surface area contributed by atoms with Gasteiger partial charge in [0.25, 0.3) is 5.91 Å². The number of hydrogen-bond donors (Lipinski definition) is 2. The summed E-state index contributed by atoms with van der Waals surface area (Å²) in [5.41, 5.74) is 2.29. The zero-order valence-corrected chi connectivity index (χ0v) is 12.6. The molecule has 2 aliphatic carbocycles. The van der Waals surface area contributed by atoms with Gasteiger partial charge >= 0.3 is 0 Å². The molecule has 0 saturated heterocycles. The van der Waals surface area contributed by atoms with Gasteiger partial charge in [0.05, 0.1) is 0 Å². The van der Waals surface area contributed by atoms with Gasteiger partial charge in [0, 0.05) is 24.2 Å². The lowest BCUT2D eigenvalue weighted by Gasteiger charge is -2.18. The minimum absolute atomic E-state index is 0.0228. The quantitative estimate of drug-likeness (QED) is 0.874. The van der Waals surface area contributed by atoms with Gasteiger partial charge in [-0.1, -0.05) is 6.07 Å². The molecule has 0 bridgehead atoms. The molecular formula is C17H22N2O2. The third-order valence-electron chi connectivity index (χ3n) is 4.37. The van der Waals surface area contributed by atoms with E-state index in [0.717, 1.165) is 5.56 Å². The van der Waals surface area contributed by atoms with Crippen LogP contribution in [0.5, 0.6) is 0 Å². The van der Waals surface area contributed by atoms with Crippen molar-refractivity contribution in [1.82, 2.24) is 5.32 Å². The van der Waals surface area contributed by atoms with E-state index in [4.69, 9.17) is 0 Å². The lowest BCUT2D eigenvalue weighted by molar-refractivity contribution is -0.114. The van der Waals surface area contributed by atoms with Crippen molar-refractivity contribution < 1.29 is 9.59 Å². The van der Waals surface area contributed by atoms with E-state index in [9.17, 15) is 9.59 Å². The van der Waals surface area contributed by atoms with Crippen molar-refractivity contribution >= 4 is 17.5 Å². The minimum atomic E-state index is -0.121. The number of nitrogens with one attached hydrogen (secondary N) is 2. The fourth-order valence-corrected chi connectivity index (χ4v) is 2.85. The molecule has 1 aromatic rings. The largest absolute Gasteiger partial charge is 0.349 e. The van der Waals surface area contributed by atoms with E-state index in [0.29, 0.717) is 29.1 Å². The number of carbonyl (C=O) groups is 2. The van der Waals surface area contributed by atoms with Crippen LogP contribution in [0.25, 0.3) is 0 Å². The van der Waals surface area contributed by atoms with Crippen LogP contribution < -0.4 is 10.6 Å². The van der Waals surface area contributed by atoms with Crippen LogP contribution in [0.15, 0.2) is 18.2 Å². The Kier molecular flexibility index (Phi) is 3.70. The van der Waals surface area contributed by atoms with Gasteiger partial charge < -0.3 is 10.6 Å². The van der Waals surface area contributed by atoms with Gasteiger partial charge in [0.1, 0.15) is 0 Å². The van der Waals surface area contributed by atoms with Gasteiger partial charge in [-0.2, -0.15) is 0 Å². The SMILES string of the molecule is CC(=O)Nc1cc(C(=O)NC(C2CC2)C2CC2)ccc1C. The van der Waals surface area contributed by atoms with Gasteiger partial charge in [0.2, 0.25) is 5.91 Å². The molecule has 0 heterocycles. The van der Waals surface area contributed by atoms with E-state index in [2.05, 4.69) is 10.6 Å². The summed E-state index contributed by atoms with van der Waals surface area (Å²) in [5, 5.41) is 5.98. The minimum Gasteiger partial charge on any atom is -0.349 e. The molecule has 4 nitrogen and oxygen atoms in total. The fourth-order valence-electron chi connectivity index (χ4n) is 2.85. The molecule has 2 amide bonds. The smallest absolute Gasteiger partial charge is 0.251 e. The predicted molar refractivity (Wildman–Crippen MR) is 82.2 cm³/mol. The number of hydrogen-bond acceptors (Lipinski definition) is 2. The van der Waals surface area contributed by atoms with Crippen molar-refractivity contribution in [1.29, 1.82) is 0 Å². The number of carbonyl (C=O) groups excluding carboxylic acids is 2. The van der Waals surface area contributed by atoms with Crippen molar-refractivity contribution in [3.63, 3.8) is 0 Å². The second-order valence-corrected chi connectivity index (χ2v) is 6.38. The molecule has 0 aromatic heterocycles. The topological polar surface area (TPSA) is 58.2 Å². The van der Waals surface area contributed by atoms with E-state index >= 15 is 0 Å². The van der Waals surface area contributed by atoms with Gasteiger partial charge in [-0.3, -0.25) is 9.59 Å². The van der Waals surface area contributed by atoms with Crippen LogP contribution in [-0.4, -0.2) is 17.9 Å². The van der Waals surface area contributed by atoms with Gasteiger partial charge in [-0.25, -0.2) is 0 Å². The fraction of sp³-hybridized carbons (Fsp3) is 0.529. The van der Waals surface area contributed by atoms with Crippen molar-refractivity contribution in [2.24, 2.45) is 11.8 Å². The monoisotopic (exact) mass is 286 g/mol.